The molecule has 4 rings (SSSR count). The molecule has 2 heterocycles. The summed E-state index contributed by atoms with van der Waals surface area (Å²) in [6.45, 7) is 2.38. The second-order valence-corrected chi connectivity index (χ2v) is 5.83. The first kappa shape index (κ1) is 12.4. The van der Waals surface area contributed by atoms with Crippen molar-refractivity contribution in [1.82, 2.24) is 4.98 Å². The van der Waals surface area contributed by atoms with Gasteiger partial charge in [-0.25, -0.2) is 4.98 Å². The van der Waals surface area contributed by atoms with Gasteiger partial charge in [0.1, 0.15) is 5.01 Å². The predicted molar refractivity (Wildman–Crippen MR) is 83.8 cm³/mol. The van der Waals surface area contributed by atoms with Gasteiger partial charge in [-0.15, -0.1) is 11.3 Å². The van der Waals surface area contributed by atoms with Crippen LogP contribution in [0.25, 0.3) is 21.8 Å². The lowest BCUT2D eigenvalue weighted by Gasteiger charge is -2.00. The van der Waals surface area contributed by atoms with Crippen molar-refractivity contribution in [2.24, 2.45) is 0 Å². The molecule has 104 valence electrons. The topological polar surface area (TPSA) is 31.4 Å². The molecule has 0 fully saturated rings. The molecule has 21 heavy (non-hydrogen) atoms. The molecule has 0 aliphatic carbocycles. The van der Waals surface area contributed by atoms with E-state index in [2.05, 4.69) is 36.6 Å². The Morgan fingerprint density at radius 2 is 1.71 bits per heavy atom. The molecule has 0 bridgehead atoms. The van der Waals surface area contributed by atoms with E-state index >= 15 is 0 Å². The van der Waals surface area contributed by atoms with E-state index in [-0.39, 0.29) is 0 Å². The van der Waals surface area contributed by atoms with E-state index in [4.69, 9.17) is 14.5 Å². The first-order chi connectivity index (χ1) is 10.3. The fourth-order valence-electron chi connectivity index (χ4n) is 2.29. The summed E-state index contributed by atoms with van der Waals surface area (Å²) in [6.07, 6.45) is 0. The number of fused-ring (bicyclic) bond motifs is 1. The minimum absolute atomic E-state index is 0.296. The van der Waals surface area contributed by atoms with E-state index in [0.29, 0.717) is 6.79 Å². The third kappa shape index (κ3) is 2.28. The van der Waals surface area contributed by atoms with Crippen LogP contribution < -0.4 is 9.47 Å². The Morgan fingerprint density at radius 3 is 2.57 bits per heavy atom. The molecule has 4 heteroatoms. The largest absolute Gasteiger partial charge is 0.454 e. The second kappa shape index (κ2) is 4.90. The highest BCUT2D eigenvalue weighted by Gasteiger charge is 2.15. The lowest BCUT2D eigenvalue weighted by atomic mass is 10.1. The Balaban J connectivity index is 1.69. The molecule has 0 amide bonds. The Labute approximate surface area is 126 Å². The van der Waals surface area contributed by atoms with E-state index in [1.165, 1.54) is 5.56 Å². The van der Waals surface area contributed by atoms with Crippen molar-refractivity contribution >= 4 is 11.3 Å². The smallest absolute Gasteiger partial charge is 0.231 e. The normalized spacial score (nSPS) is 12.6. The van der Waals surface area contributed by atoms with Crippen LogP contribution in [-0.4, -0.2) is 11.8 Å². The monoisotopic (exact) mass is 295 g/mol. The van der Waals surface area contributed by atoms with Gasteiger partial charge in [0.25, 0.3) is 0 Å². The van der Waals surface area contributed by atoms with Crippen molar-refractivity contribution in [3.8, 4) is 33.3 Å². The van der Waals surface area contributed by atoms with Crippen LogP contribution in [0.15, 0.2) is 47.8 Å². The van der Waals surface area contributed by atoms with Crippen molar-refractivity contribution in [3.63, 3.8) is 0 Å². The van der Waals surface area contributed by atoms with Crippen molar-refractivity contribution in [2.45, 2.75) is 6.92 Å². The van der Waals surface area contributed by atoms with E-state index in [0.717, 1.165) is 33.3 Å². The lowest BCUT2D eigenvalue weighted by molar-refractivity contribution is 0.174. The maximum absolute atomic E-state index is 5.42. The van der Waals surface area contributed by atoms with Crippen molar-refractivity contribution in [2.75, 3.05) is 6.79 Å². The molecule has 0 spiro atoms. The fourth-order valence-corrected chi connectivity index (χ4v) is 3.13. The first-order valence-corrected chi connectivity index (χ1v) is 7.60. The van der Waals surface area contributed by atoms with E-state index in [1.54, 1.807) is 11.3 Å². The molecule has 0 N–H and O–H groups in total. The van der Waals surface area contributed by atoms with Gasteiger partial charge in [0, 0.05) is 16.5 Å². The van der Waals surface area contributed by atoms with Crippen molar-refractivity contribution < 1.29 is 9.47 Å². The van der Waals surface area contributed by atoms with Gasteiger partial charge < -0.3 is 9.47 Å². The van der Waals surface area contributed by atoms with Crippen LogP contribution >= 0.6 is 11.3 Å². The third-order valence-electron chi connectivity index (χ3n) is 3.47. The summed E-state index contributed by atoms with van der Waals surface area (Å²) in [4.78, 5) is 4.73. The van der Waals surface area contributed by atoms with Gasteiger partial charge in [0.05, 0.1) is 5.69 Å². The number of benzene rings is 2. The van der Waals surface area contributed by atoms with Gasteiger partial charge in [-0.2, -0.15) is 0 Å². The van der Waals surface area contributed by atoms with Crippen LogP contribution in [0, 0.1) is 6.92 Å². The average molecular weight is 295 g/mol. The quantitative estimate of drug-likeness (QED) is 0.697. The van der Waals surface area contributed by atoms with Crippen LogP contribution in [0.3, 0.4) is 0 Å². The third-order valence-corrected chi connectivity index (χ3v) is 4.36. The molecule has 1 aliphatic rings. The molecule has 2 aromatic carbocycles. The molecule has 3 aromatic rings. The highest BCUT2D eigenvalue weighted by atomic mass is 32.1. The van der Waals surface area contributed by atoms with E-state index in [9.17, 15) is 0 Å². The number of aromatic nitrogens is 1. The average Bonchev–Trinajstić information content (AvgIpc) is 3.16. The van der Waals surface area contributed by atoms with E-state index < -0.39 is 0 Å². The summed E-state index contributed by atoms with van der Waals surface area (Å²) in [5, 5.41) is 3.11. The zero-order valence-electron chi connectivity index (χ0n) is 11.5. The molecule has 0 radical (unpaired) electrons. The number of ether oxygens (including phenoxy) is 2. The number of nitrogens with zero attached hydrogens (tertiary/aromatic N) is 1. The highest BCUT2D eigenvalue weighted by Crippen LogP contribution is 2.37. The zero-order valence-corrected chi connectivity index (χ0v) is 12.3. The highest BCUT2D eigenvalue weighted by molar-refractivity contribution is 7.13. The van der Waals surface area contributed by atoms with Crippen LogP contribution in [0.4, 0.5) is 0 Å². The minimum atomic E-state index is 0.296. The number of hydrogen-bond acceptors (Lipinski definition) is 4. The molecule has 1 aliphatic heterocycles. The Hall–Kier alpha value is -2.33. The second-order valence-electron chi connectivity index (χ2n) is 4.97. The first-order valence-electron chi connectivity index (χ1n) is 6.72. The van der Waals surface area contributed by atoms with Gasteiger partial charge in [0.2, 0.25) is 6.79 Å². The van der Waals surface area contributed by atoms with Crippen molar-refractivity contribution in [3.05, 3.63) is 53.4 Å². The molecule has 0 saturated carbocycles. The number of aryl methyl sites for hydroxylation is 1. The van der Waals surface area contributed by atoms with Crippen LogP contribution in [0.2, 0.25) is 0 Å². The summed E-state index contributed by atoms with van der Waals surface area (Å²) in [6, 6.07) is 14.4. The molecular weight excluding hydrogens is 282 g/mol. The maximum Gasteiger partial charge on any atom is 0.231 e. The molecule has 0 atom stereocenters. The van der Waals surface area contributed by atoms with Gasteiger partial charge in [-0.1, -0.05) is 29.8 Å². The maximum atomic E-state index is 5.42. The van der Waals surface area contributed by atoms with E-state index in [1.807, 2.05) is 18.2 Å². The summed E-state index contributed by atoms with van der Waals surface area (Å²) in [7, 11) is 0. The van der Waals surface area contributed by atoms with Gasteiger partial charge >= 0.3 is 0 Å². The van der Waals surface area contributed by atoms with Gasteiger partial charge in [-0.3, -0.25) is 0 Å². The van der Waals surface area contributed by atoms with Crippen LogP contribution in [0.1, 0.15) is 5.56 Å². The Morgan fingerprint density at radius 1 is 0.952 bits per heavy atom. The Bertz CT molecular complexity index is 793. The van der Waals surface area contributed by atoms with Gasteiger partial charge in [-0.05, 0) is 25.1 Å². The molecule has 1 aromatic heterocycles. The summed E-state index contributed by atoms with van der Waals surface area (Å²) in [5.41, 5.74) is 4.42. The predicted octanol–water partition coefficient (Wildman–Crippen LogP) is 4.51. The number of hydrogen-bond donors (Lipinski definition) is 0. The summed E-state index contributed by atoms with van der Waals surface area (Å²) < 4.78 is 10.8. The number of rotatable bonds is 2. The van der Waals surface area contributed by atoms with Gasteiger partial charge in [0.15, 0.2) is 11.5 Å². The van der Waals surface area contributed by atoms with Crippen LogP contribution in [-0.2, 0) is 0 Å². The Kier molecular flexibility index (Phi) is 2.89. The fraction of sp³-hybridized carbons (Fsp3) is 0.118. The summed E-state index contributed by atoms with van der Waals surface area (Å²) >= 11 is 1.65. The SMILES string of the molecule is Cc1ccc(-c2nc(-c3ccc4c(c3)OCO4)cs2)cc1. The molecular formula is C17H13NO2S. The lowest BCUT2D eigenvalue weighted by Crippen LogP contribution is -1.92. The molecule has 3 nitrogen and oxygen atoms in total. The van der Waals surface area contributed by atoms with Crippen molar-refractivity contribution in [1.29, 1.82) is 0 Å². The molecule has 0 unspecified atom stereocenters. The van der Waals surface area contributed by atoms with Crippen LogP contribution in [0.5, 0.6) is 11.5 Å². The minimum Gasteiger partial charge on any atom is -0.454 e. The summed E-state index contributed by atoms with van der Waals surface area (Å²) in [5.74, 6) is 1.59. The number of thiazole rings is 1. The molecule has 0 saturated heterocycles. The zero-order chi connectivity index (χ0) is 14.2. The standard InChI is InChI=1S/C17H13NO2S/c1-11-2-4-12(5-3-11)17-18-14(9-21-17)13-6-7-15-16(8-13)20-10-19-15/h2-9H,10H2,1H3.